The van der Waals surface area contributed by atoms with E-state index in [-0.39, 0.29) is 19.3 Å². The first-order chi connectivity index (χ1) is 14.5. The Kier molecular flexibility index (Phi) is 13.1. The summed E-state index contributed by atoms with van der Waals surface area (Å²) in [7, 11) is 0. The van der Waals surface area contributed by atoms with Gasteiger partial charge in [-0.15, -0.1) is 0 Å². The smallest absolute Gasteiger partial charge is 0.326 e. The lowest BCUT2D eigenvalue weighted by Crippen LogP contribution is -2.54. The quantitative estimate of drug-likeness (QED) is 0.108. The number of unbranched alkanes of at least 4 members (excludes halogenated alkanes) is 1. The summed E-state index contributed by atoms with van der Waals surface area (Å²) in [5.41, 5.74) is 16.0. The van der Waals surface area contributed by atoms with Gasteiger partial charge in [0.05, 0.1) is 19.0 Å². The average molecular weight is 446 g/mol. The second kappa shape index (κ2) is 14.7. The third-order valence-corrected chi connectivity index (χ3v) is 4.05. The lowest BCUT2D eigenvalue weighted by molar-refractivity contribution is -0.142. The fourth-order valence-corrected chi connectivity index (χ4v) is 2.38. The van der Waals surface area contributed by atoms with Gasteiger partial charge in [0.2, 0.25) is 23.6 Å². The predicted octanol–water partition coefficient (Wildman–Crippen LogP) is -3.65. The highest BCUT2D eigenvalue weighted by molar-refractivity contribution is 5.94. The van der Waals surface area contributed by atoms with Crippen LogP contribution >= 0.6 is 0 Å². The van der Waals surface area contributed by atoms with Crippen LogP contribution in [0.3, 0.4) is 0 Å². The molecule has 0 aromatic rings. The molecular weight excluding hydrogens is 416 g/mol. The maximum atomic E-state index is 12.2. The summed E-state index contributed by atoms with van der Waals surface area (Å²) in [6.45, 7) is -0.264. The molecule has 0 bridgehead atoms. The largest absolute Gasteiger partial charge is 0.481 e. The van der Waals surface area contributed by atoms with Gasteiger partial charge in [-0.1, -0.05) is 6.42 Å². The van der Waals surface area contributed by atoms with Gasteiger partial charge in [-0.3, -0.25) is 24.0 Å². The zero-order valence-electron chi connectivity index (χ0n) is 17.0. The van der Waals surface area contributed by atoms with Crippen molar-refractivity contribution in [3.8, 4) is 0 Å². The number of hydrogen-bond donors (Lipinski definition) is 8. The molecule has 0 saturated heterocycles. The van der Waals surface area contributed by atoms with Crippen LogP contribution in [0.15, 0.2) is 0 Å². The normalized spacial score (nSPS) is 13.4. The van der Waals surface area contributed by atoms with Crippen molar-refractivity contribution in [3.05, 3.63) is 0 Å². The fourth-order valence-electron chi connectivity index (χ4n) is 2.38. The van der Waals surface area contributed by atoms with Crippen LogP contribution < -0.4 is 33.2 Å². The van der Waals surface area contributed by atoms with Gasteiger partial charge in [-0.05, 0) is 25.8 Å². The number of carboxylic acid groups (broad SMARTS) is 2. The van der Waals surface area contributed by atoms with Gasteiger partial charge in [-0.25, -0.2) is 4.79 Å². The number of hydrogen-bond acceptors (Lipinski definition) is 8. The molecule has 0 aromatic carbocycles. The lowest BCUT2D eigenvalue weighted by Gasteiger charge is -2.20. The Bertz CT molecular complexity index is 671. The first-order valence-corrected chi connectivity index (χ1v) is 9.53. The molecule has 31 heavy (non-hydrogen) atoms. The molecule has 3 atom stereocenters. The molecule has 0 aromatic heterocycles. The van der Waals surface area contributed by atoms with Crippen LogP contribution in [-0.4, -0.2) is 77.0 Å². The molecule has 14 heteroatoms. The van der Waals surface area contributed by atoms with E-state index in [0.29, 0.717) is 19.4 Å². The highest BCUT2D eigenvalue weighted by Gasteiger charge is 2.27. The minimum absolute atomic E-state index is 0.246. The second-order valence-electron chi connectivity index (χ2n) is 6.73. The molecule has 11 N–H and O–H groups in total. The zero-order valence-corrected chi connectivity index (χ0v) is 17.0. The molecular formula is C17H30N6O8. The molecule has 0 unspecified atom stereocenters. The van der Waals surface area contributed by atoms with Crippen molar-refractivity contribution in [1.29, 1.82) is 0 Å². The second-order valence-corrected chi connectivity index (χ2v) is 6.73. The molecule has 176 valence electrons. The van der Waals surface area contributed by atoms with E-state index in [1.165, 1.54) is 0 Å². The van der Waals surface area contributed by atoms with Gasteiger partial charge >= 0.3 is 11.9 Å². The van der Waals surface area contributed by atoms with Crippen molar-refractivity contribution < 1.29 is 39.0 Å². The van der Waals surface area contributed by atoms with E-state index < -0.39 is 66.7 Å². The van der Waals surface area contributed by atoms with Crippen molar-refractivity contribution in [3.63, 3.8) is 0 Å². The van der Waals surface area contributed by atoms with Crippen molar-refractivity contribution in [2.45, 2.75) is 56.7 Å². The molecule has 0 aliphatic heterocycles. The van der Waals surface area contributed by atoms with Gasteiger partial charge in [0.15, 0.2) is 0 Å². The SMILES string of the molecule is NCCCC[C@H](N)C(=O)N[C@@H](CC(=O)O)C(=O)NCC(=O)N[C@@H](CCC(N)=O)C(=O)O. The number of rotatable bonds is 16. The Morgan fingerprint density at radius 1 is 0.871 bits per heavy atom. The number of nitrogens with one attached hydrogen (secondary N) is 3. The minimum atomic E-state index is -1.50. The summed E-state index contributed by atoms with van der Waals surface area (Å²) >= 11 is 0. The molecule has 0 radical (unpaired) electrons. The van der Waals surface area contributed by atoms with Crippen LogP contribution in [0.2, 0.25) is 0 Å². The van der Waals surface area contributed by atoms with Crippen LogP contribution in [0.4, 0.5) is 0 Å². The standard InChI is InChI=1S/C17H30N6O8/c18-6-2-1-3-9(19)15(28)23-11(7-14(26)27)16(29)21-8-13(25)22-10(17(30)31)4-5-12(20)24/h9-11H,1-8,18-19H2,(H2,20,24)(H,21,29)(H,22,25)(H,23,28)(H,26,27)(H,30,31)/t9-,10-,11-/m0/s1. The predicted molar refractivity (Wildman–Crippen MR) is 106 cm³/mol. The van der Waals surface area contributed by atoms with Crippen LogP contribution in [0.1, 0.15) is 38.5 Å². The summed E-state index contributed by atoms with van der Waals surface area (Å²) in [4.78, 5) is 69.1. The van der Waals surface area contributed by atoms with Gasteiger partial charge in [0, 0.05) is 6.42 Å². The van der Waals surface area contributed by atoms with E-state index in [0.717, 1.165) is 0 Å². The van der Waals surface area contributed by atoms with E-state index in [1.807, 2.05) is 0 Å². The number of carbonyl (C=O) groups is 6. The highest BCUT2D eigenvalue weighted by atomic mass is 16.4. The van der Waals surface area contributed by atoms with Gasteiger partial charge < -0.3 is 43.4 Å². The number of aliphatic carboxylic acids is 2. The van der Waals surface area contributed by atoms with Gasteiger partial charge in [-0.2, -0.15) is 0 Å². The molecule has 14 nitrogen and oxygen atoms in total. The Labute approximate surface area is 178 Å². The molecule has 0 rings (SSSR count). The minimum Gasteiger partial charge on any atom is -0.481 e. The van der Waals surface area contributed by atoms with E-state index >= 15 is 0 Å². The summed E-state index contributed by atoms with van der Waals surface area (Å²) in [6, 6.07) is -3.87. The van der Waals surface area contributed by atoms with Crippen LogP contribution in [0.5, 0.6) is 0 Å². The Hall–Kier alpha value is -3.26. The summed E-state index contributed by atoms with van der Waals surface area (Å²) in [6.07, 6.45) is 0.221. The molecule has 0 heterocycles. The number of nitrogens with two attached hydrogens (primary N) is 3. The van der Waals surface area contributed by atoms with Crippen LogP contribution in [0, 0.1) is 0 Å². The number of carbonyl (C=O) groups excluding carboxylic acids is 4. The van der Waals surface area contributed by atoms with Crippen molar-refractivity contribution in [2.24, 2.45) is 17.2 Å². The topological polar surface area (TPSA) is 257 Å². The summed E-state index contributed by atoms with van der Waals surface area (Å²) < 4.78 is 0. The first kappa shape index (κ1) is 27.7. The Morgan fingerprint density at radius 2 is 1.52 bits per heavy atom. The molecule has 0 fully saturated rings. The number of primary amides is 1. The molecule has 0 saturated carbocycles. The maximum Gasteiger partial charge on any atom is 0.326 e. The highest BCUT2D eigenvalue weighted by Crippen LogP contribution is 2.01. The fraction of sp³-hybridized carbons (Fsp3) is 0.647. The van der Waals surface area contributed by atoms with E-state index in [2.05, 4.69) is 16.0 Å². The Balaban J connectivity index is 4.80. The van der Waals surface area contributed by atoms with Crippen molar-refractivity contribution in [2.75, 3.05) is 13.1 Å². The monoisotopic (exact) mass is 446 g/mol. The third kappa shape index (κ3) is 12.8. The van der Waals surface area contributed by atoms with Crippen LogP contribution in [-0.2, 0) is 28.8 Å². The van der Waals surface area contributed by atoms with Crippen LogP contribution in [0.25, 0.3) is 0 Å². The molecule has 0 aliphatic rings. The molecule has 0 aliphatic carbocycles. The lowest BCUT2D eigenvalue weighted by atomic mass is 10.1. The van der Waals surface area contributed by atoms with E-state index in [4.69, 9.17) is 27.4 Å². The summed E-state index contributed by atoms with van der Waals surface area (Å²) in [5, 5.41) is 24.5. The van der Waals surface area contributed by atoms with Gasteiger partial charge in [0.1, 0.15) is 12.1 Å². The van der Waals surface area contributed by atoms with Crippen molar-refractivity contribution >= 4 is 35.6 Å². The first-order valence-electron chi connectivity index (χ1n) is 9.53. The van der Waals surface area contributed by atoms with Crippen molar-refractivity contribution in [1.82, 2.24) is 16.0 Å². The molecule has 4 amide bonds. The van der Waals surface area contributed by atoms with Gasteiger partial charge in [0.25, 0.3) is 0 Å². The Morgan fingerprint density at radius 3 is 2.03 bits per heavy atom. The van der Waals surface area contributed by atoms with E-state index in [9.17, 15) is 28.8 Å². The molecule has 0 spiro atoms. The summed E-state index contributed by atoms with van der Waals surface area (Å²) in [5.74, 6) is -6.13. The third-order valence-electron chi connectivity index (χ3n) is 4.05. The average Bonchev–Trinajstić information content (AvgIpc) is 2.67. The van der Waals surface area contributed by atoms with E-state index in [1.54, 1.807) is 0 Å². The zero-order chi connectivity index (χ0) is 24.0. The number of amides is 4. The maximum absolute atomic E-state index is 12.2. The number of carboxylic acids is 2.